The van der Waals surface area contributed by atoms with Crippen LogP contribution in [0.15, 0.2) is 42.5 Å². The molecule has 2 N–H and O–H groups in total. The standard InChI is InChI=1S/C18H21NO2/c1-12(2)14-4-6-15(7-5-14)16(19)9-13-3-8-17-18(10-13)21-11-20-17/h3-8,10,12,16H,9,11,19H2,1-2H3. The molecule has 1 unspecified atom stereocenters. The van der Waals surface area contributed by atoms with Gasteiger partial charge in [-0.1, -0.05) is 44.2 Å². The van der Waals surface area contributed by atoms with Gasteiger partial charge in [-0.05, 0) is 41.2 Å². The molecule has 21 heavy (non-hydrogen) atoms. The zero-order chi connectivity index (χ0) is 14.8. The van der Waals surface area contributed by atoms with Gasteiger partial charge in [-0.3, -0.25) is 0 Å². The zero-order valence-electron chi connectivity index (χ0n) is 12.5. The lowest BCUT2D eigenvalue weighted by Gasteiger charge is -2.14. The lowest BCUT2D eigenvalue weighted by atomic mass is 9.96. The van der Waals surface area contributed by atoms with Crippen LogP contribution in [0.25, 0.3) is 0 Å². The van der Waals surface area contributed by atoms with Crippen molar-refractivity contribution in [2.45, 2.75) is 32.2 Å². The number of nitrogens with two attached hydrogens (primary N) is 1. The number of ether oxygens (including phenoxy) is 2. The minimum atomic E-state index is -0.00779. The minimum absolute atomic E-state index is 0.00779. The van der Waals surface area contributed by atoms with Crippen LogP contribution in [0.4, 0.5) is 0 Å². The first kappa shape index (κ1) is 14.0. The highest BCUT2D eigenvalue weighted by Gasteiger charge is 2.15. The van der Waals surface area contributed by atoms with E-state index in [1.807, 2.05) is 12.1 Å². The first-order valence-corrected chi connectivity index (χ1v) is 7.37. The maximum absolute atomic E-state index is 6.33. The Hall–Kier alpha value is -2.00. The fraction of sp³-hybridized carbons (Fsp3) is 0.333. The highest BCUT2D eigenvalue weighted by Crippen LogP contribution is 2.33. The van der Waals surface area contributed by atoms with Crippen molar-refractivity contribution in [3.05, 3.63) is 59.2 Å². The van der Waals surface area contributed by atoms with Gasteiger partial charge in [-0.2, -0.15) is 0 Å². The second kappa shape index (κ2) is 5.78. The second-order valence-electron chi connectivity index (χ2n) is 5.82. The Morgan fingerprint density at radius 2 is 1.62 bits per heavy atom. The Labute approximate surface area is 125 Å². The molecule has 1 atom stereocenters. The Morgan fingerprint density at radius 1 is 0.952 bits per heavy atom. The van der Waals surface area contributed by atoms with Crippen LogP contribution in [0.1, 0.15) is 42.5 Å². The third kappa shape index (κ3) is 3.03. The summed E-state index contributed by atoms with van der Waals surface area (Å²) in [5.41, 5.74) is 10.00. The molecule has 0 fully saturated rings. The predicted octanol–water partition coefficient (Wildman–Crippen LogP) is 3.78. The maximum atomic E-state index is 6.33. The van der Waals surface area contributed by atoms with Gasteiger partial charge in [-0.25, -0.2) is 0 Å². The number of benzene rings is 2. The van der Waals surface area contributed by atoms with Crippen LogP contribution in [0, 0.1) is 0 Å². The molecule has 0 radical (unpaired) electrons. The van der Waals surface area contributed by atoms with Crippen LogP contribution in [0.3, 0.4) is 0 Å². The van der Waals surface area contributed by atoms with E-state index < -0.39 is 0 Å². The number of hydrogen-bond donors (Lipinski definition) is 1. The van der Waals surface area contributed by atoms with E-state index >= 15 is 0 Å². The molecule has 1 aliphatic heterocycles. The first-order valence-electron chi connectivity index (χ1n) is 7.37. The van der Waals surface area contributed by atoms with E-state index in [9.17, 15) is 0 Å². The van der Waals surface area contributed by atoms with Gasteiger partial charge < -0.3 is 15.2 Å². The topological polar surface area (TPSA) is 44.5 Å². The van der Waals surface area contributed by atoms with E-state index in [-0.39, 0.29) is 6.04 Å². The van der Waals surface area contributed by atoms with Gasteiger partial charge in [0, 0.05) is 6.04 Å². The highest BCUT2D eigenvalue weighted by atomic mass is 16.7. The smallest absolute Gasteiger partial charge is 0.231 e. The van der Waals surface area contributed by atoms with Crippen LogP contribution >= 0.6 is 0 Å². The Balaban J connectivity index is 1.72. The van der Waals surface area contributed by atoms with Gasteiger partial charge in [0.1, 0.15) is 0 Å². The van der Waals surface area contributed by atoms with Crippen molar-refractivity contribution in [3.63, 3.8) is 0 Å². The van der Waals surface area contributed by atoms with Gasteiger partial charge in [0.25, 0.3) is 0 Å². The summed E-state index contributed by atoms with van der Waals surface area (Å²) in [6.45, 7) is 4.70. The van der Waals surface area contributed by atoms with E-state index in [4.69, 9.17) is 15.2 Å². The number of hydrogen-bond acceptors (Lipinski definition) is 3. The van der Waals surface area contributed by atoms with E-state index in [2.05, 4.69) is 44.2 Å². The van der Waals surface area contributed by atoms with Crippen LogP contribution < -0.4 is 15.2 Å². The van der Waals surface area contributed by atoms with Gasteiger partial charge >= 0.3 is 0 Å². The maximum Gasteiger partial charge on any atom is 0.231 e. The SMILES string of the molecule is CC(C)c1ccc(C(N)Cc2ccc3c(c2)OCO3)cc1. The molecular formula is C18H21NO2. The molecule has 0 amide bonds. The summed E-state index contributed by atoms with van der Waals surface area (Å²) in [5, 5.41) is 0. The van der Waals surface area contributed by atoms with Crippen LogP contribution in [-0.2, 0) is 6.42 Å². The molecule has 2 aromatic rings. The average Bonchev–Trinajstić information content (AvgIpc) is 2.95. The first-order chi connectivity index (χ1) is 10.1. The van der Waals surface area contributed by atoms with Gasteiger partial charge in [-0.15, -0.1) is 0 Å². The summed E-state index contributed by atoms with van der Waals surface area (Å²) in [4.78, 5) is 0. The average molecular weight is 283 g/mol. The summed E-state index contributed by atoms with van der Waals surface area (Å²) in [6, 6.07) is 14.6. The molecule has 0 spiro atoms. The third-order valence-electron chi connectivity index (χ3n) is 3.92. The lowest BCUT2D eigenvalue weighted by Crippen LogP contribution is -2.13. The molecule has 1 aliphatic rings. The van der Waals surface area contributed by atoms with Crippen molar-refractivity contribution < 1.29 is 9.47 Å². The van der Waals surface area contributed by atoms with E-state index in [0.717, 1.165) is 23.5 Å². The molecule has 3 nitrogen and oxygen atoms in total. The van der Waals surface area contributed by atoms with Crippen molar-refractivity contribution >= 4 is 0 Å². The molecule has 0 bridgehead atoms. The van der Waals surface area contributed by atoms with Crippen LogP contribution in [-0.4, -0.2) is 6.79 Å². The largest absolute Gasteiger partial charge is 0.454 e. The van der Waals surface area contributed by atoms with Crippen molar-refractivity contribution in [1.29, 1.82) is 0 Å². The van der Waals surface area contributed by atoms with E-state index in [1.54, 1.807) is 0 Å². The number of rotatable bonds is 4. The molecule has 1 heterocycles. The molecule has 0 saturated carbocycles. The molecule has 110 valence electrons. The Kier molecular flexibility index (Phi) is 3.84. The third-order valence-corrected chi connectivity index (χ3v) is 3.92. The quantitative estimate of drug-likeness (QED) is 0.928. The summed E-state index contributed by atoms with van der Waals surface area (Å²) in [7, 11) is 0. The Morgan fingerprint density at radius 3 is 2.33 bits per heavy atom. The number of fused-ring (bicyclic) bond motifs is 1. The zero-order valence-corrected chi connectivity index (χ0v) is 12.5. The second-order valence-corrected chi connectivity index (χ2v) is 5.82. The monoisotopic (exact) mass is 283 g/mol. The van der Waals surface area contributed by atoms with Crippen molar-refractivity contribution in [2.75, 3.05) is 6.79 Å². The molecule has 0 saturated heterocycles. The molecule has 2 aromatic carbocycles. The highest BCUT2D eigenvalue weighted by molar-refractivity contribution is 5.45. The normalized spacial score (nSPS) is 14.5. The molecule has 0 aromatic heterocycles. The van der Waals surface area contributed by atoms with Crippen LogP contribution in [0.2, 0.25) is 0 Å². The van der Waals surface area contributed by atoms with Crippen LogP contribution in [0.5, 0.6) is 11.5 Å². The molecular weight excluding hydrogens is 262 g/mol. The van der Waals surface area contributed by atoms with Gasteiger partial charge in [0.05, 0.1) is 0 Å². The van der Waals surface area contributed by atoms with Crippen molar-refractivity contribution in [3.8, 4) is 11.5 Å². The minimum Gasteiger partial charge on any atom is -0.454 e. The van der Waals surface area contributed by atoms with E-state index in [1.165, 1.54) is 11.1 Å². The van der Waals surface area contributed by atoms with Gasteiger partial charge in [0.2, 0.25) is 6.79 Å². The summed E-state index contributed by atoms with van der Waals surface area (Å²) >= 11 is 0. The lowest BCUT2D eigenvalue weighted by molar-refractivity contribution is 0.174. The fourth-order valence-electron chi connectivity index (χ4n) is 2.57. The summed E-state index contributed by atoms with van der Waals surface area (Å²) in [6.07, 6.45) is 0.789. The Bertz CT molecular complexity index is 620. The summed E-state index contributed by atoms with van der Waals surface area (Å²) < 4.78 is 10.7. The van der Waals surface area contributed by atoms with Crippen molar-refractivity contribution in [2.24, 2.45) is 5.73 Å². The fourth-order valence-corrected chi connectivity index (χ4v) is 2.57. The van der Waals surface area contributed by atoms with E-state index in [0.29, 0.717) is 12.7 Å². The van der Waals surface area contributed by atoms with Gasteiger partial charge in [0.15, 0.2) is 11.5 Å². The molecule has 0 aliphatic carbocycles. The summed E-state index contributed by atoms with van der Waals surface area (Å²) in [5.74, 6) is 2.17. The molecule has 3 rings (SSSR count). The molecule has 3 heteroatoms. The van der Waals surface area contributed by atoms with Crippen molar-refractivity contribution in [1.82, 2.24) is 0 Å². The predicted molar refractivity (Wildman–Crippen MR) is 83.7 cm³/mol.